The average molecular weight is 174 g/mol. The van der Waals surface area contributed by atoms with E-state index in [0.29, 0.717) is 5.92 Å². The Balaban J connectivity index is 3.54. The summed E-state index contributed by atoms with van der Waals surface area (Å²) in [6.45, 7) is 8.20. The predicted molar refractivity (Wildman–Crippen MR) is 52.0 cm³/mol. The highest BCUT2D eigenvalue weighted by Gasteiger charge is 2.04. The first-order valence-electron chi connectivity index (χ1n) is 4.74. The van der Waals surface area contributed by atoms with Gasteiger partial charge in [0, 0.05) is 13.1 Å². The number of aliphatic hydroxyl groups excluding tert-OH is 1. The normalized spacial score (nSPS) is 11.5. The molecule has 0 saturated carbocycles. The highest BCUT2D eigenvalue weighted by molar-refractivity contribution is 4.59. The number of rotatable bonds is 7. The lowest BCUT2D eigenvalue weighted by Crippen LogP contribution is -2.32. The molecule has 0 fully saturated rings. The number of nitrogens with two attached hydrogens (primary N) is 1. The summed E-state index contributed by atoms with van der Waals surface area (Å²) < 4.78 is 0. The van der Waals surface area contributed by atoms with E-state index in [9.17, 15) is 0 Å². The molecule has 0 aromatic rings. The van der Waals surface area contributed by atoms with E-state index < -0.39 is 0 Å². The van der Waals surface area contributed by atoms with Crippen molar-refractivity contribution in [3.05, 3.63) is 0 Å². The van der Waals surface area contributed by atoms with Crippen molar-refractivity contribution in [1.29, 1.82) is 0 Å². The Morgan fingerprint density at radius 2 is 2.00 bits per heavy atom. The van der Waals surface area contributed by atoms with Crippen LogP contribution in [0, 0.1) is 5.92 Å². The van der Waals surface area contributed by atoms with Crippen molar-refractivity contribution in [2.75, 3.05) is 32.8 Å². The maximum Gasteiger partial charge on any atom is 0.0558 e. The Morgan fingerprint density at radius 3 is 2.42 bits per heavy atom. The summed E-state index contributed by atoms with van der Waals surface area (Å²) in [5.41, 5.74) is 5.41. The molecular formula is C9H22N2O. The van der Waals surface area contributed by atoms with E-state index in [1.807, 2.05) is 0 Å². The zero-order chi connectivity index (χ0) is 9.40. The van der Waals surface area contributed by atoms with Crippen LogP contribution in [-0.4, -0.2) is 42.8 Å². The number of hydrogen-bond donors (Lipinski definition) is 2. The zero-order valence-corrected chi connectivity index (χ0v) is 8.29. The van der Waals surface area contributed by atoms with Crippen LogP contribution in [0.1, 0.15) is 20.3 Å². The minimum Gasteiger partial charge on any atom is -0.395 e. The average Bonchev–Trinajstić information content (AvgIpc) is 2.00. The summed E-state index contributed by atoms with van der Waals surface area (Å²) in [4.78, 5) is 2.26. The van der Waals surface area contributed by atoms with Crippen molar-refractivity contribution in [3.8, 4) is 0 Å². The van der Waals surface area contributed by atoms with Gasteiger partial charge in [0.15, 0.2) is 0 Å². The fourth-order valence-corrected chi connectivity index (χ4v) is 1.27. The van der Waals surface area contributed by atoms with E-state index in [1.54, 1.807) is 0 Å². The first kappa shape index (κ1) is 11.9. The van der Waals surface area contributed by atoms with Gasteiger partial charge in [-0.2, -0.15) is 0 Å². The van der Waals surface area contributed by atoms with Crippen molar-refractivity contribution in [1.82, 2.24) is 4.90 Å². The van der Waals surface area contributed by atoms with Gasteiger partial charge in [0.2, 0.25) is 0 Å². The van der Waals surface area contributed by atoms with Crippen LogP contribution in [0.3, 0.4) is 0 Å². The summed E-state index contributed by atoms with van der Waals surface area (Å²) in [6, 6.07) is 0. The fourth-order valence-electron chi connectivity index (χ4n) is 1.27. The lowest BCUT2D eigenvalue weighted by atomic mass is 10.2. The van der Waals surface area contributed by atoms with Crippen LogP contribution in [0.25, 0.3) is 0 Å². The summed E-state index contributed by atoms with van der Waals surface area (Å²) in [7, 11) is 0. The molecule has 0 rings (SSSR count). The molecule has 0 unspecified atom stereocenters. The predicted octanol–water partition coefficient (Wildman–Crippen LogP) is 0.285. The van der Waals surface area contributed by atoms with Crippen LogP contribution in [0.2, 0.25) is 0 Å². The molecule has 0 aromatic heterocycles. The molecule has 0 bridgehead atoms. The van der Waals surface area contributed by atoms with Gasteiger partial charge in [-0.25, -0.2) is 0 Å². The number of nitrogens with zero attached hydrogens (tertiary/aromatic N) is 1. The van der Waals surface area contributed by atoms with Crippen molar-refractivity contribution in [2.45, 2.75) is 20.3 Å². The third-order valence-corrected chi connectivity index (χ3v) is 1.72. The number of aliphatic hydroxyl groups is 1. The summed E-state index contributed by atoms with van der Waals surface area (Å²) >= 11 is 0. The second-order valence-electron chi connectivity index (χ2n) is 3.56. The van der Waals surface area contributed by atoms with Crippen LogP contribution in [0.15, 0.2) is 0 Å². The molecule has 0 amide bonds. The minimum absolute atomic E-state index is 0.247. The van der Waals surface area contributed by atoms with Gasteiger partial charge < -0.3 is 15.7 Å². The molecule has 0 aliphatic rings. The van der Waals surface area contributed by atoms with Crippen LogP contribution >= 0.6 is 0 Å². The number of hydrogen-bond acceptors (Lipinski definition) is 3. The molecule has 0 atom stereocenters. The highest BCUT2D eigenvalue weighted by atomic mass is 16.3. The molecular weight excluding hydrogens is 152 g/mol. The quantitative estimate of drug-likeness (QED) is 0.583. The van der Waals surface area contributed by atoms with E-state index in [4.69, 9.17) is 10.8 Å². The van der Waals surface area contributed by atoms with Gasteiger partial charge in [0.25, 0.3) is 0 Å². The third kappa shape index (κ3) is 6.58. The van der Waals surface area contributed by atoms with E-state index in [0.717, 1.165) is 32.6 Å². The molecule has 12 heavy (non-hydrogen) atoms. The van der Waals surface area contributed by atoms with Crippen molar-refractivity contribution in [2.24, 2.45) is 11.7 Å². The summed E-state index contributed by atoms with van der Waals surface area (Å²) in [5.74, 6) is 0.661. The first-order chi connectivity index (χ1) is 5.70. The lowest BCUT2D eigenvalue weighted by Gasteiger charge is -2.22. The third-order valence-electron chi connectivity index (χ3n) is 1.72. The topological polar surface area (TPSA) is 49.5 Å². The Kier molecular flexibility index (Phi) is 7.45. The van der Waals surface area contributed by atoms with Gasteiger partial charge in [-0.15, -0.1) is 0 Å². The molecule has 0 radical (unpaired) electrons. The molecule has 0 heterocycles. The molecule has 3 N–H and O–H groups in total. The first-order valence-corrected chi connectivity index (χ1v) is 4.74. The zero-order valence-electron chi connectivity index (χ0n) is 8.29. The minimum atomic E-state index is 0.247. The largest absolute Gasteiger partial charge is 0.395 e. The van der Waals surface area contributed by atoms with Crippen molar-refractivity contribution >= 4 is 0 Å². The van der Waals surface area contributed by atoms with Crippen molar-refractivity contribution < 1.29 is 5.11 Å². The van der Waals surface area contributed by atoms with E-state index in [1.165, 1.54) is 0 Å². The SMILES string of the molecule is CC(C)CN(CCO)CCCN. The fraction of sp³-hybridized carbons (Fsp3) is 1.00. The van der Waals surface area contributed by atoms with Crippen LogP contribution in [-0.2, 0) is 0 Å². The lowest BCUT2D eigenvalue weighted by molar-refractivity contribution is 0.181. The second-order valence-corrected chi connectivity index (χ2v) is 3.56. The summed E-state index contributed by atoms with van der Waals surface area (Å²) in [5, 5.41) is 8.78. The summed E-state index contributed by atoms with van der Waals surface area (Å²) in [6.07, 6.45) is 1.02. The monoisotopic (exact) mass is 174 g/mol. The van der Waals surface area contributed by atoms with Gasteiger partial charge in [0.05, 0.1) is 6.61 Å². The molecule has 3 nitrogen and oxygen atoms in total. The Bertz CT molecular complexity index is 96.5. The Labute approximate surface area is 75.6 Å². The molecule has 3 heteroatoms. The molecule has 0 spiro atoms. The maximum atomic E-state index is 8.78. The molecule has 0 aliphatic heterocycles. The van der Waals surface area contributed by atoms with Gasteiger partial charge >= 0.3 is 0 Å². The molecule has 0 aromatic carbocycles. The molecule has 0 saturated heterocycles. The maximum absolute atomic E-state index is 8.78. The van der Waals surface area contributed by atoms with Crippen molar-refractivity contribution in [3.63, 3.8) is 0 Å². The van der Waals surface area contributed by atoms with E-state index >= 15 is 0 Å². The van der Waals surface area contributed by atoms with E-state index in [2.05, 4.69) is 18.7 Å². The Hall–Kier alpha value is -0.120. The molecule has 74 valence electrons. The molecule has 0 aliphatic carbocycles. The van der Waals surface area contributed by atoms with E-state index in [-0.39, 0.29) is 6.61 Å². The van der Waals surface area contributed by atoms with Crippen LogP contribution in [0.5, 0.6) is 0 Å². The van der Waals surface area contributed by atoms with Crippen LogP contribution < -0.4 is 5.73 Å². The van der Waals surface area contributed by atoms with Gasteiger partial charge in [0.1, 0.15) is 0 Å². The standard InChI is InChI=1S/C9H22N2O/c1-9(2)8-11(6-7-12)5-3-4-10/h9,12H,3-8,10H2,1-2H3. The smallest absolute Gasteiger partial charge is 0.0558 e. The Morgan fingerprint density at radius 1 is 1.33 bits per heavy atom. The van der Waals surface area contributed by atoms with Gasteiger partial charge in [-0.05, 0) is 25.4 Å². The highest BCUT2D eigenvalue weighted by Crippen LogP contribution is 1.98. The van der Waals surface area contributed by atoms with Gasteiger partial charge in [-0.1, -0.05) is 13.8 Å². The van der Waals surface area contributed by atoms with Gasteiger partial charge in [-0.3, -0.25) is 0 Å². The van der Waals surface area contributed by atoms with Crippen LogP contribution in [0.4, 0.5) is 0 Å². The second kappa shape index (κ2) is 7.53.